The van der Waals surface area contributed by atoms with Crippen molar-refractivity contribution in [2.75, 3.05) is 18.1 Å². The fourth-order valence-electron chi connectivity index (χ4n) is 3.13. The Morgan fingerprint density at radius 2 is 2.00 bits per heavy atom. The van der Waals surface area contributed by atoms with Crippen LogP contribution in [0.3, 0.4) is 0 Å². The van der Waals surface area contributed by atoms with Gasteiger partial charge >= 0.3 is 12.0 Å². The summed E-state index contributed by atoms with van der Waals surface area (Å²) in [6, 6.07) is -0.940. The van der Waals surface area contributed by atoms with Crippen molar-refractivity contribution in [3.63, 3.8) is 0 Å². The van der Waals surface area contributed by atoms with Gasteiger partial charge in [-0.3, -0.25) is 4.79 Å². The third kappa shape index (κ3) is 4.33. The van der Waals surface area contributed by atoms with E-state index in [9.17, 15) is 18.0 Å². The van der Waals surface area contributed by atoms with Crippen molar-refractivity contribution in [2.24, 2.45) is 5.92 Å². The van der Waals surface area contributed by atoms with Crippen molar-refractivity contribution >= 4 is 21.8 Å². The molecule has 2 fully saturated rings. The summed E-state index contributed by atoms with van der Waals surface area (Å²) < 4.78 is 23.1. The molecule has 0 spiro atoms. The number of carboxylic acids is 1. The van der Waals surface area contributed by atoms with Gasteiger partial charge in [-0.2, -0.15) is 0 Å². The Morgan fingerprint density at radius 3 is 2.48 bits per heavy atom. The van der Waals surface area contributed by atoms with Crippen molar-refractivity contribution in [3.8, 4) is 0 Å². The molecule has 0 aromatic rings. The molecule has 0 radical (unpaired) electrons. The van der Waals surface area contributed by atoms with Crippen LogP contribution in [0.2, 0.25) is 0 Å². The molecule has 0 bridgehead atoms. The van der Waals surface area contributed by atoms with E-state index in [4.69, 9.17) is 5.11 Å². The Bertz CT molecular complexity index is 519. The van der Waals surface area contributed by atoms with Crippen LogP contribution in [0, 0.1) is 5.92 Å². The van der Waals surface area contributed by atoms with E-state index in [1.54, 1.807) is 0 Å². The predicted octanol–water partition coefficient (Wildman–Crippen LogP) is 0.458. The second kappa shape index (κ2) is 6.21. The highest BCUT2D eigenvalue weighted by Gasteiger charge is 2.36. The van der Waals surface area contributed by atoms with Crippen LogP contribution in [0.5, 0.6) is 0 Å². The lowest BCUT2D eigenvalue weighted by Crippen LogP contribution is -2.51. The van der Waals surface area contributed by atoms with Gasteiger partial charge in [0.05, 0.1) is 11.5 Å². The average Bonchev–Trinajstić information content (AvgIpc) is 2.92. The third-order valence-corrected chi connectivity index (χ3v) is 5.99. The Balaban J connectivity index is 2.01. The smallest absolute Gasteiger partial charge is 0.323 e. The molecular formula is C13H22N2O5S. The van der Waals surface area contributed by atoms with Crippen LogP contribution in [0.25, 0.3) is 0 Å². The van der Waals surface area contributed by atoms with E-state index < -0.39 is 34.4 Å². The minimum atomic E-state index is -3.16. The lowest BCUT2D eigenvalue weighted by molar-refractivity contribution is -0.138. The lowest BCUT2D eigenvalue weighted by atomic mass is 10.1. The zero-order chi connectivity index (χ0) is 15.6. The highest BCUT2D eigenvalue weighted by molar-refractivity contribution is 7.91. The maximum atomic E-state index is 12.3. The molecule has 7 nitrogen and oxygen atoms in total. The molecule has 1 aliphatic carbocycles. The summed E-state index contributed by atoms with van der Waals surface area (Å²) >= 11 is 0. The average molecular weight is 318 g/mol. The number of hydrogen-bond acceptors (Lipinski definition) is 4. The molecule has 3 unspecified atom stereocenters. The van der Waals surface area contributed by atoms with Crippen molar-refractivity contribution < 1.29 is 23.1 Å². The highest BCUT2D eigenvalue weighted by Crippen LogP contribution is 2.25. The molecule has 0 aromatic carbocycles. The lowest BCUT2D eigenvalue weighted by Gasteiger charge is -2.28. The first kappa shape index (κ1) is 16.1. The molecule has 1 heterocycles. The topological polar surface area (TPSA) is 104 Å². The van der Waals surface area contributed by atoms with Gasteiger partial charge in [-0.1, -0.05) is 6.92 Å². The maximum absolute atomic E-state index is 12.3. The summed E-state index contributed by atoms with van der Waals surface area (Å²) in [6.07, 6.45) is 3.12. The van der Waals surface area contributed by atoms with Gasteiger partial charge in [-0.15, -0.1) is 0 Å². The Morgan fingerprint density at radius 1 is 1.29 bits per heavy atom. The van der Waals surface area contributed by atoms with Crippen molar-refractivity contribution in [1.29, 1.82) is 0 Å². The van der Waals surface area contributed by atoms with Crippen LogP contribution in [0.15, 0.2) is 0 Å². The molecule has 3 atom stereocenters. The number of carbonyl (C=O) groups is 2. The number of sulfone groups is 1. The van der Waals surface area contributed by atoms with Gasteiger partial charge in [-0.25, -0.2) is 13.2 Å². The molecule has 2 amide bonds. The number of urea groups is 1. The molecule has 1 saturated heterocycles. The fourth-order valence-corrected chi connectivity index (χ4v) is 4.86. The minimum Gasteiger partial charge on any atom is -0.480 e. The number of carbonyl (C=O) groups excluding carboxylic acids is 1. The normalized spacial score (nSPS) is 31.0. The second-order valence-corrected chi connectivity index (χ2v) is 8.37. The van der Waals surface area contributed by atoms with Crippen LogP contribution in [0.4, 0.5) is 4.79 Å². The molecule has 1 aliphatic heterocycles. The van der Waals surface area contributed by atoms with Gasteiger partial charge < -0.3 is 15.3 Å². The van der Waals surface area contributed by atoms with Gasteiger partial charge in [0, 0.05) is 12.1 Å². The maximum Gasteiger partial charge on any atom is 0.323 e. The predicted molar refractivity (Wildman–Crippen MR) is 76.7 cm³/mol. The zero-order valence-electron chi connectivity index (χ0n) is 12.1. The zero-order valence-corrected chi connectivity index (χ0v) is 12.9. The second-order valence-electron chi connectivity index (χ2n) is 6.14. The first-order chi connectivity index (χ1) is 9.77. The van der Waals surface area contributed by atoms with Gasteiger partial charge in [0.25, 0.3) is 0 Å². The summed E-state index contributed by atoms with van der Waals surface area (Å²) in [6.45, 7) is 1.65. The first-order valence-corrected chi connectivity index (χ1v) is 9.08. The van der Waals surface area contributed by atoms with Crippen LogP contribution in [-0.4, -0.2) is 60.6 Å². The molecule has 2 N–H and O–H groups in total. The van der Waals surface area contributed by atoms with Gasteiger partial charge in [0.2, 0.25) is 0 Å². The van der Waals surface area contributed by atoms with E-state index in [1.165, 1.54) is 0 Å². The minimum absolute atomic E-state index is 0.0154. The molecule has 120 valence electrons. The van der Waals surface area contributed by atoms with Crippen molar-refractivity contribution in [2.45, 2.75) is 44.7 Å². The van der Waals surface area contributed by atoms with Crippen molar-refractivity contribution in [3.05, 3.63) is 0 Å². The summed E-state index contributed by atoms with van der Waals surface area (Å²) in [5.74, 6) is -0.708. The SMILES string of the molecule is CC1CCC(NC(=O)N(CC(=O)O)C2CCS(=O)(=O)C2)C1. The quantitative estimate of drug-likeness (QED) is 0.783. The van der Waals surface area contributed by atoms with Crippen LogP contribution >= 0.6 is 0 Å². The van der Waals surface area contributed by atoms with Crippen LogP contribution < -0.4 is 5.32 Å². The molecule has 21 heavy (non-hydrogen) atoms. The van der Waals surface area contributed by atoms with Gasteiger partial charge in [0.1, 0.15) is 6.54 Å². The highest BCUT2D eigenvalue weighted by atomic mass is 32.2. The van der Waals surface area contributed by atoms with Crippen LogP contribution in [-0.2, 0) is 14.6 Å². The van der Waals surface area contributed by atoms with E-state index in [2.05, 4.69) is 12.2 Å². The monoisotopic (exact) mass is 318 g/mol. The Kier molecular flexibility index (Phi) is 4.75. The van der Waals surface area contributed by atoms with Gasteiger partial charge in [0.15, 0.2) is 9.84 Å². The Labute approximate surface area is 124 Å². The summed E-state index contributed by atoms with van der Waals surface area (Å²) in [5.41, 5.74) is 0. The summed E-state index contributed by atoms with van der Waals surface area (Å²) in [5, 5.41) is 11.8. The number of hydrogen-bond donors (Lipinski definition) is 2. The number of rotatable bonds is 4. The number of amides is 2. The largest absolute Gasteiger partial charge is 0.480 e. The molecular weight excluding hydrogens is 296 g/mol. The van der Waals surface area contributed by atoms with Gasteiger partial charge in [-0.05, 0) is 31.6 Å². The van der Waals surface area contributed by atoms with Crippen molar-refractivity contribution in [1.82, 2.24) is 10.2 Å². The standard InChI is InChI=1S/C13H22N2O5S/c1-9-2-3-10(6-9)14-13(18)15(7-12(16)17)11-4-5-21(19,20)8-11/h9-11H,2-8H2,1H3,(H,14,18)(H,16,17). The third-order valence-electron chi connectivity index (χ3n) is 4.24. The van der Waals surface area contributed by atoms with E-state index >= 15 is 0 Å². The fraction of sp³-hybridized carbons (Fsp3) is 0.846. The summed E-state index contributed by atoms with van der Waals surface area (Å²) in [7, 11) is -3.16. The van der Waals surface area contributed by atoms with E-state index in [1.807, 2.05) is 0 Å². The molecule has 8 heteroatoms. The summed E-state index contributed by atoms with van der Waals surface area (Å²) in [4.78, 5) is 24.4. The number of aliphatic carboxylic acids is 1. The number of nitrogens with one attached hydrogen (secondary N) is 1. The Hall–Kier alpha value is -1.31. The first-order valence-electron chi connectivity index (χ1n) is 7.26. The molecule has 0 aromatic heterocycles. The van der Waals surface area contributed by atoms with E-state index in [0.717, 1.165) is 24.2 Å². The molecule has 2 rings (SSSR count). The van der Waals surface area contributed by atoms with E-state index in [0.29, 0.717) is 12.3 Å². The number of nitrogens with zero attached hydrogens (tertiary/aromatic N) is 1. The van der Waals surface area contributed by atoms with Crippen LogP contribution in [0.1, 0.15) is 32.6 Å². The molecule has 2 aliphatic rings. The van der Waals surface area contributed by atoms with E-state index in [-0.39, 0.29) is 17.5 Å². The number of carboxylic acid groups (broad SMARTS) is 1. The molecule has 1 saturated carbocycles.